The Morgan fingerprint density at radius 2 is 1.94 bits per heavy atom. The van der Waals surface area contributed by atoms with Gasteiger partial charge < -0.3 is 5.32 Å². The molecular formula is C15H15N3. The first-order chi connectivity index (χ1) is 8.83. The van der Waals surface area contributed by atoms with Crippen LogP contribution in [0.15, 0.2) is 54.9 Å². The topological polar surface area (TPSA) is 29.3 Å². The van der Waals surface area contributed by atoms with Crippen molar-refractivity contribution in [2.75, 3.05) is 5.32 Å². The summed E-state index contributed by atoms with van der Waals surface area (Å²) in [6, 6.07) is 14.6. The summed E-state index contributed by atoms with van der Waals surface area (Å²) in [6.07, 6.45) is 3.78. The average molecular weight is 237 g/mol. The highest BCUT2D eigenvalue weighted by Crippen LogP contribution is 2.12. The highest BCUT2D eigenvalue weighted by molar-refractivity contribution is 5.50. The first-order valence-corrected chi connectivity index (χ1v) is 6.04. The molecule has 0 atom stereocenters. The normalized spacial score (nSPS) is 10.7. The van der Waals surface area contributed by atoms with E-state index in [2.05, 4.69) is 47.6 Å². The van der Waals surface area contributed by atoms with Crippen LogP contribution >= 0.6 is 0 Å². The third-order valence-electron chi connectivity index (χ3n) is 3.02. The zero-order chi connectivity index (χ0) is 12.4. The van der Waals surface area contributed by atoms with Crippen LogP contribution in [0, 0.1) is 6.92 Å². The first-order valence-electron chi connectivity index (χ1n) is 6.04. The van der Waals surface area contributed by atoms with Gasteiger partial charge in [-0.3, -0.25) is 4.40 Å². The van der Waals surface area contributed by atoms with E-state index >= 15 is 0 Å². The molecule has 3 nitrogen and oxygen atoms in total. The molecule has 1 aromatic carbocycles. The molecule has 3 aromatic rings. The Bertz CT molecular complexity index is 653. The Labute approximate surface area is 106 Å². The number of fused-ring (bicyclic) bond motifs is 1. The molecule has 3 rings (SSSR count). The van der Waals surface area contributed by atoms with Gasteiger partial charge in [0.05, 0.1) is 0 Å². The van der Waals surface area contributed by atoms with Crippen LogP contribution in [0.25, 0.3) is 5.65 Å². The minimum Gasteiger partial charge on any atom is -0.367 e. The van der Waals surface area contributed by atoms with Crippen LogP contribution in [0.5, 0.6) is 0 Å². The number of nitrogens with zero attached hydrogens (tertiary/aromatic N) is 2. The second-order valence-corrected chi connectivity index (χ2v) is 4.41. The van der Waals surface area contributed by atoms with E-state index in [4.69, 9.17) is 0 Å². The summed E-state index contributed by atoms with van der Waals surface area (Å²) >= 11 is 0. The summed E-state index contributed by atoms with van der Waals surface area (Å²) in [6.45, 7) is 2.92. The van der Waals surface area contributed by atoms with Crippen LogP contribution in [0.3, 0.4) is 0 Å². The summed E-state index contributed by atoms with van der Waals surface area (Å²) in [5.74, 6) is 1.06. The number of hydrogen-bond acceptors (Lipinski definition) is 2. The summed E-state index contributed by atoms with van der Waals surface area (Å²) in [4.78, 5) is 4.27. The number of hydrogen-bond donors (Lipinski definition) is 1. The monoisotopic (exact) mass is 237 g/mol. The molecule has 0 radical (unpaired) electrons. The predicted molar refractivity (Wildman–Crippen MR) is 73.7 cm³/mol. The minimum absolute atomic E-state index is 0.817. The van der Waals surface area contributed by atoms with Crippen molar-refractivity contribution in [3.63, 3.8) is 0 Å². The number of pyridine rings is 1. The van der Waals surface area contributed by atoms with Gasteiger partial charge in [-0.2, -0.15) is 0 Å². The Kier molecular flexibility index (Phi) is 2.73. The molecular weight excluding hydrogens is 222 g/mol. The molecule has 0 fully saturated rings. The maximum atomic E-state index is 4.27. The fourth-order valence-electron chi connectivity index (χ4n) is 1.99. The first kappa shape index (κ1) is 10.8. The summed E-state index contributed by atoms with van der Waals surface area (Å²) in [5.41, 5.74) is 3.53. The van der Waals surface area contributed by atoms with Crippen molar-refractivity contribution in [2.45, 2.75) is 13.5 Å². The molecule has 0 unspecified atom stereocenters. The maximum Gasteiger partial charge on any atom is 0.138 e. The Morgan fingerprint density at radius 1 is 1.11 bits per heavy atom. The fraction of sp³-hybridized carbons (Fsp3) is 0.133. The van der Waals surface area contributed by atoms with Crippen molar-refractivity contribution < 1.29 is 0 Å². The number of nitrogens with one attached hydrogen (secondary N) is 1. The lowest BCUT2D eigenvalue weighted by molar-refractivity contribution is 1.07. The van der Waals surface area contributed by atoms with Gasteiger partial charge in [0.15, 0.2) is 0 Å². The minimum atomic E-state index is 0.817. The lowest BCUT2D eigenvalue weighted by Crippen LogP contribution is -2.03. The van der Waals surface area contributed by atoms with E-state index in [1.54, 1.807) is 0 Å². The van der Waals surface area contributed by atoms with Crippen molar-refractivity contribution in [2.24, 2.45) is 0 Å². The summed E-state index contributed by atoms with van der Waals surface area (Å²) in [5, 5.41) is 3.43. The van der Waals surface area contributed by atoms with Crippen LogP contribution in [0.1, 0.15) is 11.1 Å². The third kappa shape index (κ3) is 2.07. The smallest absolute Gasteiger partial charge is 0.138 e. The van der Waals surface area contributed by atoms with Gasteiger partial charge in [0.1, 0.15) is 11.5 Å². The van der Waals surface area contributed by atoms with Gasteiger partial charge in [-0.1, -0.05) is 35.9 Å². The van der Waals surface area contributed by atoms with Crippen LogP contribution in [-0.4, -0.2) is 9.38 Å². The van der Waals surface area contributed by atoms with E-state index in [1.807, 2.05) is 28.9 Å². The second-order valence-electron chi connectivity index (χ2n) is 4.41. The van der Waals surface area contributed by atoms with Gasteiger partial charge in [0, 0.05) is 18.9 Å². The number of anilines is 1. The average Bonchev–Trinajstić information content (AvgIpc) is 2.87. The molecule has 0 saturated carbocycles. The number of aryl methyl sites for hydroxylation is 1. The van der Waals surface area contributed by atoms with Gasteiger partial charge in [-0.15, -0.1) is 0 Å². The lowest BCUT2D eigenvalue weighted by Gasteiger charge is -2.09. The van der Waals surface area contributed by atoms with E-state index in [-0.39, 0.29) is 0 Å². The van der Waals surface area contributed by atoms with E-state index in [0.29, 0.717) is 0 Å². The fourth-order valence-corrected chi connectivity index (χ4v) is 1.99. The molecule has 0 aliphatic rings. The Balaban J connectivity index is 1.80. The van der Waals surface area contributed by atoms with Crippen molar-refractivity contribution in [1.82, 2.24) is 9.38 Å². The van der Waals surface area contributed by atoms with Crippen molar-refractivity contribution >= 4 is 11.5 Å². The van der Waals surface area contributed by atoms with Gasteiger partial charge in [-0.05, 0) is 24.6 Å². The summed E-state index contributed by atoms with van der Waals surface area (Å²) in [7, 11) is 0. The number of benzene rings is 1. The van der Waals surface area contributed by atoms with Crippen LogP contribution in [0.2, 0.25) is 0 Å². The molecule has 2 heterocycles. The van der Waals surface area contributed by atoms with Gasteiger partial charge in [0.2, 0.25) is 0 Å². The maximum absolute atomic E-state index is 4.27. The van der Waals surface area contributed by atoms with Crippen LogP contribution in [-0.2, 0) is 6.54 Å². The molecule has 0 saturated heterocycles. The molecule has 0 aliphatic carbocycles. The van der Waals surface area contributed by atoms with Crippen LogP contribution < -0.4 is 5.32 Å². The lowest BCUT2D eigenvalue weighted by atomic mass is 10.1. The third-order valence-corrected chi connectivity index (χ3v) is 3.02. The van der Waals surface area contributed by atoms with E-state index in [1.165, 1.54) is 11.1 Å². The molecule has 2 aromatic heterocycles. The van der Waals surface area contributed by atoms with Crippen molar-refractivity contribution in [1.29, 1.82) is 0 Å². The van der Waals surface area contributed by atoms with Crippen LogP contribution in [0.4, 0.5) is 5.82 Å². The standard InChI is InChI=1S/C15H15N3/c1-12-5-7-13(8-6-12)11-17-15-4-2-3-14-16-9-10-18(14)15/h2-10,17H,11H2,1H3. The molecule has 90 valence electrons. The highest BCUT2D eigenvalue weighted by Gasteiger charge is 1.99. The second kappa shape index (κ2) is 4.53. The Hall–Kier alpha value is -2.29. The molecule has 1 N–H and O–H groups in total. The zero-order valence-electron chi connectivity index (χ0n) is 10.3. The van der Waals surface area contributed by atoms with E-state index < -0.39 is 0 Å². The van der Waals surface area contributed by atoms with Gasteiger partial charge >= 0.3 is 0 Å². The van der Waals surface area contributed by atoms with Gasteiger partial charge in [-0.25, -0.2) is 4.98 Å². The molecule has 0 aliphatic heterocycles. The van der Waals surface area contributed by atoms with Gasteiger partial charge in [0.25, 0.3) is 0 Å². The summed E-state index contributed by atoms with van der Waals surface area (Å²) < 4.78 is 2.05. The molecule has 0 bridgehead atoms. The quantitative estimate of drug-likeness (QED) is 0.757. The molecule has 0 spiro atoms. The number of rotatable bonds is 3. The van der Waals surface area contributed by atoms with E-state index in [9.17, 15) is 0 Å². The van der Waals surface area contributed by atoms with Crippen molar-refractivity contribution in [3.8, 4) is 0 Å². The number of aromatic nitrogens is 2. The molecule has 3 heteroatoms. The number of imidazole rings is 1. The SMILES string of the molecule is Cc1ccc(CNc2cccc3nccn23)cc1. The zero-order valence-corrected chi connectivity index (χ0v) is 10.3. The predicted octanol–water partition coefficient (Wildman–Crippen LogP) is 3.25. The van der Waals surface area contributed by atoms with E-state index in [0.717, 1.165) is 18.0 Å². The Morgan fingerprint density at radius 3 is 2.78 bits per heavy atom. The largest absolute Gasteiger partial charge is 0.367 e. The highest BCUT2D eigenvalue weighted by atomic mass is 15.1. The van der Waals surface area contributed by atoms with Crippen molar-refractivity contribution in [3.05, 3.63) is 66.0 Å². The molecule has 0 amide bonds. The molecule has 18 heavy (non-hydrogen) atoms.